The monoisotopic (exact) mass is 405 g/mol. The van der Waals surface area contributed by atoms with Crippen molar-refractivity contribution in [2.75, 3.05) is 32.9 Å². The van der Waals surface area contributed by atoms with E-state index in [0.29, 0.717) is 25.7 Å². The minimum Gasteiger partial charge on any atom is -0.378 e. The Labute approximate surface area is 143 Å². The molecule has 1 aliphatic heterocycles. The van der Waals surface area contributed by atoms with E-state index in [4.69, 9.17) is 15.2 Å². The van der Waals surface area contributed by atoms with Crippen molar-refractivity contribution in [3.05, 3.63) is 35.4 Å². The van der Waals surface area contributed by atoms with Gasteiger partial charge in [0.15, 0.2) is 5.96 Å². The molecule has 0 amide bonds. The van der Waals surface area contributed by atoms with Crippen molar-refractivity contribution in [3.8, 4) is 0 Å². The maximum absolute atomic E-state index is 6.04. The molecule has 5 nitrogen and oxygen atoms in total. The fourth-order valence-corrected chi connectivity index (χ4v) is 2.12. The zero-order chi connectivity index (χ0) is 14.2. The van der Waals surface area contributed by atoms with E-state index >= 15 is 0 Å². The minimum atomic E-state index is 0. The Hall–Kier alpha value is -0.860. The normalized spacial score (nSPS) is 15.7. The molecule has 2 N–H and O–H groups in total. The molecular weight excluding hydrogens is 381 g/mol. The lowest BCUT2D eigenvalue weighted by Crippen LogP contribution is -2.44. The Morgan fingerprint density at radius 1 is 1.29 bits per heavy atom. The van der Waals surface area contributed by atoms with Gasteiger partial charge in [0.1, 0.15) is 0 Å². The van der Waals surface area contributed by atoms with Crippen molar-refractivity contribution in [3.63, 3.8) is 0 Å². The molecule has 0 atom stereocenters. The summed E-state index contributed by atoms with van der Waals surface area (Å²) in [4.78, 5) is 6.56. The van der Waals surface area contributed by atoms with Crippen LogP contribution in [0.3, 0.4) is 0 Å². The molecule has 0 radical (unpaired) electrons. The lowest BCUT2D eigenvalue weighted by Gasteiger charge is -2.27. The van der Waals surface area contributed by atoms with Crippen LogP contribution in [0.4, 0.5) is 0 Å². The van der Waals surface area contributed by atoms with E-state index in [1.54, 1.807) is 0 Å². The summed E-state index contributed by atoms with van der Waals surface area (Å²) in [6.45, 7) is 7.00. The standard InChI is InChI=1S/C15H23N3O2.HI/c1-2-19-12-14-6-4-3-5-13(14)11-17-15(16)18-7-9-20-10-8-18;/h3-6H,2,7-12H2,1H3,(H2,16,17);1H. The summed E-state index contributed by atoms with van der Waals surface area (Å²) in [5, 5.41) is 0. The second kappa shape index (κ2) is 9.97. The highest BCUT2D eigenvalue weighted by atomic mass is 127. The average molecular weight is 405 g/mol. The van der Waals surface area contributed by atoms with Gasteiger partial charge in [-0.2, -0.15) is 0 Å². The summed E-state index contributed by atoms with van der Waals surface area (Å²) >= 11 is 0. The van der Waals surface area contributed by atoms with Crippen molar-refractivity contribution in [2.24, 2.45) is 10.7 Å². The summed E-state index contributed by atoms with van der Waals surface area (Å²) in [7, 11) is 0. The van der Waals surface area contributed by atoms with Crippen molar-refractivity contribution < 1.29 is 9.47 Å². The Bertz CT molecular complexity index is 448. The highest BCUT2D eigenvalue weighted by molar-refractivity contribution is 14.0. The molecule has 0 bridgehead atoms. The van der Waals surface area contributed by atoms with Gasteiger partial charge in [-0.3, -0.25) is 0 Å². The molecule has 0 spiro atoms. The fourth-order valence-electron chi connectivity index (χ4n) is 2.12. The molecular formula is C15H24IN3O2. The summed E-state index contributed by atoms with van der Waals surface area (Å²) in [5.41, 5.74) is 8.37. The number of rotatable bonds is 5. The number of nitrogens with zero attached hydrogens (tertiary/aromatic N) is 2. The van der Waals surface area contributed by atoms with Gasteiger partial charge in [-0.15, -0.1) is 24.0 Å². The highest BCUT2D eigenvalue weighted by Crippen LogP contribution is 2.11. The highest BCUT2D eigenvalue weighted by Gasteiger charge is 2.12. The van der Waals surface area contributed by atoms with Crippen LogP contribution in [-0.4, -0.2) is 43.8 Å². The van der Waals surface area contributed by atoms with Crippen LogP contribution in [0.1, 0.15) is 18.1 Å². The third-order valence-electron chi connectivity index (χ3n) is 3.33. The van der Waals surface area contributed by atoms with Gasteiger partial charge >= 0.3 is 0 Å². The van der Waals surface area contributed by atoms with Crippen LogP contribution in [0.2, 0.25) is 0 Å². The number of ether oxygens (including phenoxy) is 2. The van der Waals surface area contributed by atoms with Crippen LogP contribution in [0.5, 0.6) is 0 Å². The molecule has 2 rings (SSSR count). The summed E-state index contributed by atoms with van der Waals surface area (Å²) < 4.78 is 10.8. The first-order chi connectivity index (χ1) is 9.81. The van der Waals surface area contributed by atoms with Crippen LogP contribution in [0.15, 0.2) is 29.3 Å². The Morgan fingerprint density at radius 3 is 2.62 bits per heavy atom. The molecule has 1 aromatic carbocycles. The fraction of sp³-hybridized carbons (Fsp3) is 0.533. The van der Waals surface area contributed by atoms with Gasteiger partial charge < -0.3 is 20.1 Å². The van der Waals surface area contributed by atoms with E-state index in [1.165, 1.54) is 5.56 Å². The lowest BCUT2D eigenvalue weighted by atomic mass is 10.1. The smallest absolute Gasteiger partial charge is 0.191 e. The van der Waals surface area contributed by atoms with E-state index in [2.05, 4.69) is 22.0 Å². The number of guanidine groups is 1. The van der Waals surface area contributed by atoms with Gasteiger partial charge in [-0.05, 0) is 18.1 Å². The zero-order valence-corrected chi connectivity index (χ0v) is 14.8. The van der Waals surface area contributed by atoms with Crippen molar-refractivity contribution >= 4 is 29.9 Å². The number of hydrogen-bond acceptors (Lipinski definition) is 3. The van der Waals surface area contributed by atoms with Crippen molar-refractivity contribution in [1.82, 2.24) is 4.90 Å². The van der Waals surface area contributed by atoms with Gasteiger partial charge in [-0.25, -0.2) is 4.99 Å². The van der Waals surface area contributed by atoms with Gasteiger partial charge in [-0.1, -0.05) is 24.3 Å². The summed E-state index contributed by atoms with van der Waals surface area (Å²) in [6.07, 6.45) is 0. The number of nitrogens with two attached hydrogens (primary N) is 1. The number of halogens is 1. The first-order valence-electron chi connectivity index (χ1n) is 7.08. The molecule has 1 aliphatic rings. The maximum atomic E-state index is 6.04. The van der Waals surface area contributed by atoms with E-state index in [-0.39, 0.29) is 24.0 Å². The lowest BCUT2D eigenvalue weighted by molar-refractivity contribution is 0.0674. The van der Waals surface area contributed by atoms with Crippen LogP contribution in [0.25, 0.3) is 0 Å². The third kappa shape index (κ3) is 5.80. The van der Waals surface area contributed by atoms with Crippen LogP contribution in [-0.2, 0) is 22.6 Å². The predicted octanol–water partition coefficient (Wildman–Crippen LogP) is 1.99. The largest absolute Gasteiger partial charge is 0.378 e. The zero-order valence-electron chi connectivity index (χ0n) is 12.5. The van der Waals surface area contributed by atoms with Crippen LogP contribution >= 0.6 is 24.0 Å². The molecule has 1 fully saturated rings. The summed E-state index contributed by atoms with van der Waals surface area (Å²) in [6, 6.07) is 8.19. The molecule has 0 aromatic heterocycles. The van der Waals surface area contributed by atoms with Gasteiger partial charge in [0.25, 0.3) is 0 Å². The van der Waals surface area contributed by atoms with E-state index < -0.39 is 0 Å². The molecule has 21 heavy (non-hydrogen) atoms. The second-order valence-corrected chi connectivity index (χ2v) is 4.68. The Morgan fingerprint density at radius 2 is 1.95 bits per heavy atom. The van der Waals surface area contributed by atoms with Crippen LogP contribution < -0.4 is 5.73 Å². The van der Waals surface area contributed by atoms with E-state index in [9.17, 15) is 0 Å². The minimum absolute atomic E-state index is 0. The molecule has 6 heteroatoms. The molecule has 0 saturated carbocycles. The van der Waals surface area contributed by atoms with Crippen LogP contribution in [0, 0.1) is 0 Å². The second-order valence-electron chi connectivity index (χ2n) is 4.68. The van der Waals surface area contributed by atoms with Gasteiger partial charge in [0.05, 0.1) is 26.4 Å². The quantitative estimate of drug-likeness (QED) is 0.463. The number of benzene rings is 1. The molecule has 118 valence electrons. The van der Waals surface area contributed by atoms with Gasteiger partial charge in [0.2, 0.25) is 0 Å². The SMILES string of the molecule is CCOCc1ccccc1CN=C(N)N1CCOCC1.I. The predicted molar refractivity (Wildman–Crippen MR) is 94.9 cm³/mol. The molecule has 0 aliphatic carbocycles. The first-order valence-corrected chi connectivity index (χ1v) is 7.08. The topological polar surface area (TPSA) is 60.1 Å². The molecule has 1 aromatic rings. The van der Waals surface area contributed by atoms with E-state index in [0.717, 1.165) is 31.9 Å². The number of hydrogen-bond donors (Lipinski definition) is 1. The Kier molecular flexibility index (Phi) is 8.63. The Balaban J connectivity index is 0.00000220. The van der Waals surface area contributed by atoms with Crippen molar-refractivity contribution in [1.29, 1.82) is 0 Å². The molecule has 1 saturated heterocycles. The molecule has 0 unspecified atom stereocenters. The number of morpholine rings is 1. The maximum Gasteiger partial charge on any atom is 0.191 e. The van der Waals surface area contributed by atoms with Gasteiger partial charge in [0, 0.05) is 19.7 Å². The van der Waals surface area contributed by atoms with Crippen molar-refractivity contribution in [2.45, 2.75) is 20.1 Å². The third-order valence-corrected chi connectivity index (χ3v) is 3.33. The molecule has 1 heterocycles. The number of aliphatic imine (C=N–C) groups is 1. The summed E-state index contributed by atoms with van der Waals surface area (Å²) in [5.74, 6) is 0.597. The average Bonchev–Trinajstić information content (AvgIpc) is 2.52. The first kappa shape index (κ1) is 18.2. The van der Waals surface area contributed by atoms with E-state index in [1.807, 2.05) is 19.1 Å².